The van der Waals surface area contributed by atoms with Gasteiger partial charge in [0.25, 0.3) is 15.7 Å². The number of sulfone groups is 1. The topological polar surface area (TPSA) is 110 Å². The van der Waals surface area contributed by atoms with E-state index in [1.165, 1.54) is 42.5 Å². The molecule has 1 aliphatic heterocycles. The van der Waals surface area contributed by atoms with Gasteiger partial charge in [0.05, 0.1) is 4.90 Å². The number of carbonyl (C=O) groups is 2. The number of benzene rings is 2. The van der Waals surface area contributed by atoms with Crippen LogP contribution in [0.5, 0.6) is 0 Å². The third-order valence-corrected chi connectivity index (χ3v) is 7.03. The summed E-state index contributed by atoms with van der Waals surface area (Å²) in [5.41, 5.74) is -5.97. The summed E-state index contributed by atoms with van der Waals surface area (Å²) >= 11 is 0. The van der Waals surface area contributed by atoms with Crippen LogP contribution < -0.4 is 5.32 Å². The third-order valence-electron chi connectivity index (χ3n) is 5.49. The summed E-state index contributed by atoms with van der Waals surface area (Å²) in [7, 11) is -5.56. The first-order valence-electron chi connectivity index (χ1n) is 10.0. The molecule has 2 aromatic carbocycles. The highest BCUT2D eigenvalue weighted by atomic mass is 32.2. The molecule has 1 saturated heterocycles. The molecule has 0 radical (unpaired) electrons. The fraction of sp³-hybridized carbons (Fsp3) is 0.364. The number of hydrogen-bond acceptors (Lipinski definition) is 5. The predicted molar refractivity (Wildman–Crippen MR) is 112 cm³/mol. The van der Waals surface area contributed by atoms with Crippen molar-refractivity contribution in [2.45, 2.75) is 48.2 Å². The second-order valence-corrected chi connectivity index (χ2v) is 9.80. The fourth-order valence-corrected chi connectivity index (χ4v) is 4.57. The van der Waals surface area contributed by atoms with E-state index in [4.69, 9.17) is 4.74 Å². The molecule has 0 saturated carbocycles. The van der Waals surface area contributed by atoms with Crippen molar-refractivity contribution in [1.82, 2.24) is 5.32 Å². The molecule has 2 atom stereocenters. The van der Waals surface area contributed by atoms with Crippen LogP contribution in [0.25, 0.3) is 11.1 Å². The van der Waals surface area contributed by atoms with Crippen molar-refractivity contribution in [3.05, 3.63) is 54.1 Å². The number of amides is 1. The third kappa shape index (κ3) is 5.19. The number of nitrogens with one attached hydrogen (secondary N) is 1. The molecule has 7 nitrogen and oxygen atoms in total. The first-order valence-corrected chi connectivity index (χ1v) is 11.5. The Morgan fingerprint density at radius 1 is 1.15 bits per heavy atom. The lowest BCUT2D eigenvalue weighted by Gasteiger charge is -2.24. The molecule has 11 heteroatoms. The van der Waals surface area contributed by atoms with E-state index in [1.807, 2.05) is 0 Å². The van der Waals surface area contributed by atoms with Crippen molar-refractivity contribution >= 4 is 21.7 Å². The van der Waals surface area contributed by atoms with Crippen molar-refractivity contribution in [3.8, 4) is 11.1 Å². The summed E-state index contributed by atoms with van der Waals surface area (Å²) in [6.45, 7) is 2.00. The smallest absolute Gasteiger partial charge is 0.480 e. The van der Waals surface area contributed by atoms with Crippen LogP contribution in [-0.4, -0.2) is 49.2 Å². The Morgan fingerprint density at radius 3 is 2.33 bits per heavy atom. The standard InChI is InChI=1S/C22H22F3NO6S/c1-21(11-4-12-32-21)20(29)26-17(19(27)28)13-14-7-9-15(10-8-14)16-5-2-3-6-18(16)33(30,31)22(23,24)25/h2-3,5-10,17H,4,11-13H2,1H3,(H,26,29)(H,27,28)/t17-,21+/m0/s1. The molecular formula is C22H22F3NO6S. The van der Waals surface area contributed by atoms with E-state index in [9.17, 15) is 36.3 Å². The summed E-state index contributed by atoms with van der Waals surface area (Å²) in [6, 6.07) is 9.27. The van der Waals surface area contributed by atoms with Gasteiger partial charge in [-0.1, -0.05) is 42.5 Å². The van der Waals surface area contributed by atoms with Gasteiger partial charge >= 0.3 is 11.5 Å². The molecule has 33 heavy (non-hydrogen) atoms. The number of carbonyl (C=O) groups excluding carboxylic acids is 1. The molecule has 0 spiro atoms. The second kappa shape index (κ2) is 9.14. The maximum atomic E-state index is 13.1. The summed E-state index contributed by atoms with van der Waals surface area (Å²) in [4.78, 5) is 23.3. The van der Waals surface area contributed by atoms with Gasteiger partial charge in [-0.3, -0.25) is 4.79 Å². The molecule has 1 aliphatic rings. The fourth-order valence-electron chi connectivity index (χ4n) is 3.59. The minimum Gasteiger partial charge on any atom is -0.480 e. The molecule has 1 amide bonds. The van der Waals surface area contributed by atoms with Gasteiger partial charge in [0.2, 0.25) is 0 Å². The molecule has 3 rings (SSSR count). The van der Waals surface area contributed by atoms with Crippen LogP contribution in [0, 0.1) is 0 Å². The Morgan fingerprint density at radius 2 is 1.79 bits per heavy atom. The highest BCUT2D eigenvalue weighted by Crippen LogP contribution is 2.36. The number of hydrogen-bond donors (Lipinski definition) is 2. The summed E-state index contributed by atoms with van der Waals surface area (Å²) < 4.78 is 68.5. The van der Waals surface area contributed by atoms with E-state index in [-0.39, 0.29) is 17.5 Å². The highest BCUT2D eigenvalue weighted by molar-refractivity contribution is 7.92. The van der Waals surface area contributed by atoms with Crippen LogP contribution in [0.2, 0.25) is 0 Å². The summed E-state index contributed by atoms with van der Waals surface area (Å²) in [5, 5.41) is 12.0. The number of carboxylic acids is 1. The Balaban J connectivity index is 1.82. The first-order chi connectivity index (χ1) is 15.3. The molecule has 0 bridgehead atoms. The maximum absolute atomic E-state index is 13.1. The van der Waals surface area contributed by atoms with Crippen molar-refractivity contribution < 1.29 is 41.0 Å². The van der Waals surface area contributed by atoms with E-state index in [2.05, 4.69) is 5.32 Å². The number of alkyl halides is 3. The van der Waals surface area contributed by atoms with Crippen LogP contribution in [0.4, 0.5) is 13.2 Å². The Hall–Kier alpha value is -2.92. The Bertz CT molecular complexity index is 1140. The Kier molecular flexibility index (Phi) is 6.85. The first kappa shape index (κ1) is 24.7. The van der Waals surface area contributed by atoms with Crippen molar-refractivity contribution in [2.75, 3.05) is 6.61 Å². The minimum atomic E-state index is -5.56. The van der Waals surface area contributed by atoms with Crippen LogP contribution >= 0.6 is 0 Å². The minimum absolute atomic E-state index is 0.0834. The quantitative estimate of drug-likeness (QED) is 0.623. The largest absolute Gasteiger partial charge is 0.501 e. The Labute approximate surface area is 188 Å². The van der Waals surface area contributed by atoms with Crippen LogP contribution in [-0.2, 0) is 30.6 Å². The van der Waals surface area contributed by atoms with Gasteiger partial charge in [-0.15, -0.1) is 0 Å². The number of halogens is 3. The number of ether oxygens (including phenoxy) is 1. The summed E-state index contributed by atoms with van der Waals surface area (Å²) in [5.74, 6) is -1.79. The number of rotatable bonds is 7. The second-order valence-electron chi connectivity index (χ2n) is 7.89. The van der Waals surface area contributed by atoms with E-state index in [0.717, 1.165) is 6.07 Å². The predicted octanol–water partition coefficient (Wildman–Crippen LogP) is 3.33. The SMILES string of the molecule is C[C@]1(C(=O)N[C@@H](Cc2ccc(-c3ccccc3S(=O)(=O)C(F)(F)F)cc2)C(=O)O)CCCO1. The van der Waals surface area contributed by atoms with E-state index < -0.39 is 43.8 Å². The molecule has 0 unspecified atom stereocenters. The molecule has 2 N–H and O–H groups in total. The van der Waals surface area contributed by atoms with Crippen LogP contribution in [0.1, 0.15) is 25.3 Å². The van der Waals surface area contributed by atoms with Crippen LogP contribution in [0.3, 0.4) is 0 Å². The van der Waals surface area contributed by atoms with Crippen molar-refractivity contribution in [3.63, 3.8) is 0 Å². The molecule has 2 aromatic rings. The molecule has 1 fully saturated rings. The van der Waals surface area contributed by atoms with Crippen LogP contribution in [0.15, 0.2) is 53.4 Å². The maximum Gasteiger partial charge on any atom is 0.501 e. The molecule has 178 valence electrons. The van der Waals surface area contributed by atoms with Gasteiger partial charge in [0.15, 0.2) is 0 Å². The average molecular weight is 485 g/mol. The van der Waals surface area contributed by atoms with Gasteiger partial charge in [0, 0.05) is 18.6 Å². The zero-order valence-electron chi connectivity index (χ0n) is 17.6. The van der Waals surface area contributed by atoms with Gasteiger partial charge in [-0.25, -0.2) is 13.2 Å². The normalized spacial score (nSPS) is 19.8. The zero-order chi connectivity index (χ0) is 24.4. The molecule has 0 aliphatic carbocycles. The average Bonchev–Trinajstić information content (AvgIpc) is 3.21. The molecular weight excluding hydrogens is 463 g/mol. The van der Waals surface area contributed by atoms with Crippen molar-refractivity contribution in [1.29, 1.82) is 0 Å². The molecule has 1 heterocycles. The van der Waals surface area contributed by atoms with E-state index >= 15 is 0 Å². The monoisotopic (exact) mass is 485 g/mol. The lowest BCUT2D eigenvalue weighted by Crippen LogP contribution is -2.51. The number of aliphatic carboxylic acids is 1. The lowest BCUT2D eigenvalue weighted by atomic mass is 9.98. The van der Waals surface area contributed by atoms with Gasteiger partial charge in [-0.05, 0) is 37.0 Å². The summed E-state index contributed by atoms with van der Waals surface area (Å²) in [6.07, 6.45) is 1.08. The van der Waals surface area contributed by atoms with E-state index in [0.29, 0.717) is 25.0 Å². The zero-order valence-corrected chi connectivity index (χ0v) is 18.4. The van der Waals surface area contributed by atoms with E-state index in [1.54, 1.807) is 6.92 Å². The van der Waals surface area contributed by atoms with Gasteiger partial charge in [-0.2, -0.15) is 13.2 Å². The lowest BCUT2D eigenvalue weighted by molar-refractivity contribution is -0.147. The van der Waals surface area contributed by atoms with Gasteiger partial charge < -0.3 is 15.2 Å². The highest BCUT2D eigenvalue weighted by Gasteiger charge is 2.47. The van der Waals surface area contributed by atoms with Crippen molar-refractivity contribution in [2.24, 2.45) is 0 Å². The number of carboxylic acid groups (broad SMARTS) is 1. The molecule has 0 aromatic heterocycles. The van der Waals surface area contributed by atoms with Gasteiger partial charge in [0.1, 0.15) is 11.6 Å².